The number of benzene rings is 2. The van der Waals surface area contributed by atoms with E-state index in [4.69, 9.17) is 16.3 Å². The van der Waals surface area contributed by atoms with Crippen LogP contribution in [0.25, 0.3) is 0 Å². The number of ether oxygens (including phenoxy) is 1. The standard InChI is InChI=1S/C16H15ClO4S/c1-11-3-8-14(22(2,19)20)9-15(11)16(18)21-10-12-4-6-13(17)7-5-12/h3-9H,10H2,1-2H3. The number of rotatable bonds is 4. The van der Waals surface area contributed by atoms with Crippen LogP contribution in [-0.4, -0.2) is 20.6 Å². The lowest BCUT2D eigenvalue weighted by atomic mass is 10.1. The van der Waals surface area contributed by atoms with E-state index in [0.29, 0.717) is 10.6 Å². The maximum atomic E-state index is 12.1. The molecule has 0 saturated heterocycles. The van der Waals surface area contributed by atoms with Crippen molar-refractivity contribution in [1.82, 2.24) is 0 Å². The van der Waals surface area contributed by atoms with Gasteiger partial charge in [-0.15, -0.1) is 0 Å². The molecule has 0 atom stereocenters. The van der Waals surface area contributed by atoms with Gasteiger partial charge in [-0.05, 0) is 42.3 Å². The molecule has 0 radical (unpaired) electrons. The SMILES string of the molecule is Cc1ccc(S(C)(=O)=O)cc1C(=O)OCc1ccc(Cl)cc1. The van der Waals surface area contributed by atoms with Crippen molar-refractivity contribution in [3.8, 4) is 0 Å². The number of carbonyl (C=O) groups is 1. The second kappa shape index (κ2) is 6.50. The van der Waals surface area contributed by atoms with E-state index in [0.717, 1.165) is 11.8 Å². The van der Waals surface area contributed by atoms with Crippen molar-refractivity contribution < 1.29 is 17.9 Å². The van der Waals surface area contributed by atoms with Gasteiger partial charge in [0, 0.05) is 11.3 Å². The summed E-state index contributed by atoms with van der Waals surface area (Å²) in [6.07, 6.45) is 1.10. The monoisotopic (exact) mass is 338 g/mol. The average molecular weight is 339 g/mol. The predicted molar refractivity (Wildman–Crippen MR) is 84.9 cm³/mol. The third-order valence-electron chi connectivity index (χ3n) is 3.14. The zero-order chi connectivity index (χ0) is 16.3. The molecule has 0 unspecified atom stereocenters. The van der Waals surface area contributed by atoms with Gasteiger partial charge >= 0.3 is 5.97 Å². The van der Waals surface area contributed by atoms with E-state index in [1.54, 1.807) is 37.3 Å². The molecule has 0 spiro atoms. The van der Waals surface area contributed by atoms with Gasteiger partial charge in [-0.25, -0.2) is 13.2 Å². The Hall–Kier alpha value is -1.85. The van der Waals surface area contributed by atoms with Gasteiger partial charge in [0.2, 0.25) is 0 Å². The molecule has 2 aromatic carbocycles. The molecule has 0 aliphatic heterocycles. The number of hydrogen-bond donors (Lipinski definition) is 0. The van der Waals surface area contributed by atoms with Crippen LogP contribution in [0.1, 0.15) is 21.5 Å². The van der Waals surface area contributed by atoms with Gasteiger partial charge in [-0.1, -0.05) is 29.8 Å². The molecule has 0 saturated carbocycles. The molecule has 0 fully saturated rings. The van der Waals surface area contributed by atoms with Crippen LogP contribution in [0.4, 0.5) is 0 Å². The molecule has 6 heteroatoms. The van der Waals surface area contributed by atoms with E-state index in [1.165, 1.54) is 12.1 Å². The highest BCUT2D eigenvalue weighted by molar-refractivity contribution is 7.90. The largest absolute Gasteiger partial charge is 0.457 e. The van der Waals surface area contributed by atoms with E-state index in [-0.39, 0.29) is 17.1 Å². The predicted octanol–water partition coefficient (Wildman–Crippen LogP) is 3.41. The van der Waals surface area contributed by atoms with Gasteiger partial charge in [0.25, 0.3) is 0 Å². The third-order valence-corrected chi connectivity index (χ3v) is 4.50. The number of aryl methyl sites for hydroxylation is 1. The van der Waals surface area contributed by atoms with Gasteiger partial charge in [0.05, 0.1) is 10.5 Å². The molecule has 0 bridgehead atoms. The fourth-order valence-electron chi connectivity index (χ4n) is 1.86. The van der Waals surface area contributed by atoms with E-state index in [9.17, 15) is 13.2 Å². The second-order valence-electron chi connectivity index (χ2n) is 4.95. The summed E-state index contributed by atoms with van der Waals surface area (Å²) >= 11 is 5.79. The molecule has 22 heavy (non-hydrogen) atoms. The van der Waals surface area contributed by atoms with Gasteiger partial charge < -0.3 is 4.74 Å². The fourth-order valence-corrected chi connectivity index (χ4v) is 2.63. The Morgan fingerprint density at radius 3 is 2.36 bits per heavy atom. The summed E-state index contributed by atoms with van der Waals surface area (Å²) in [4.78, 5) is 12.2. The first kappa shape index (κ1) is 16.5. The molecule has 4 nitrogen and oxygen atoms in total. The van der Waals surface area contributed by atoms with Crippen LogP contribution in [0.5, 0.6) is 0 Å². The Morgan fingerprint density at radius 1 is 1.14 bits per heavy atom. The maximum Gasteiger partial charge on any atom is 0.338 e. The van der Waals surface area contributed by atoms with Crippen LogP contribution in [0, 0.1) is 6.92 Å². The van der Waals surface area contributed by atoms with Crippen LogP contribution in [0.3, 0.4) is 0 Å². The first-order chi connectivity index (χ1) is 10.3. The van der Waals surface area contributed by atoms with Gasteiger partial charge in [-0.3, -0.25) is 0 Å². The summed E-state index contributed by atoms with van der Waals surface area (Å²) in [5, 5.41) is 0.603. The van der Waals surface area contributed by atoms with Crippen molar-refractivity contribution in [1.29, 1.82) is 0 Å². The number of sulfone groups is 1. The van der Waals surface area contributed by atoms with Crippen LogP contribution in [-0.2, 0) is 21.2 Å². The molecular formula is C16H15ClO4S. The first-order valence-corrected chi connectivity index (χ1v) is 8.76. The van der Waals surface area contributed by atoms with Gasteiger partial charge in [0.1, 0.15) is 6.61 Å². The first-order valence-electron chi connectivity index (χ1n) is 6.49. The third kappa shape index (κ3) is 4.08. The molecule has 0 aromatic heterocycles. The highest BCUT2D eigenvalue weighted by atomic mass is 35.5. The number of esters is 1. The van der Waals surface area contributed by atoms with Crippen LogP contribution in [0.15, 0.2) is 47.4 Å². The van der Waals surface area contributed by atoms with Crippen molar-refractivity contribution in [2.75, 3.05) is 6.26 Å². The molecular weight excluding hydrogens is 324 g/mol. The highest BCUT2D eigenvalue weighted by Crippen LogP contribution is 2.17. The Bertz CT molecular complexity index is 795. The smallest absolute Gasteiger partial charge is 0.338 e. The quantitative estimate of drug-likeness (QED) is 0.801. The molecule has 0 amide bonds. The van der Waals surface area contributed by atoms with E-state index < -0.39 is 15.8 Å². The fraction of sp³-hybridized carbons (Fsp3) is 0.188. The molecule has 0 heterocycles. The van der Waals surface area contributed by atoms with Crippen LogP contribution in [0.2, 0.25) is 5.02 Å². The highest BCUT2D eigenvalue weighted by Gasteiger charge is 2.15. The minimum atomic E-state index is -3.37. The Labute approximate surface area is 134 Å². The molecule has 0 aliphatic carbocycles. The Morgan fingerprint density at radius 2 is 1.77 bits per heavy atom. The lowest BCUT2D eigenvalue weighted by Gasteiger charge is -2.09. The maximum absolute atomic E-state index is 12.1. The normalized spacial score (nSPS) is 11.2. The van der Waals surface area contributed by atoms with Crippen molar-refractivity contribution in [3.05, 3.63) is 64.2 Å². The van der Waals surface area contributed by atoms with Crippen LogP contribution < -0.4 is 0 Å². The lowest BCUT2D eigenvalue weighted by molar-refractivity contribution is 0.0471. The summed E-state index contributed by atoms with van der Waals surface area (Å²) in [6, 6.07) is 11.3. The summed E-state index contributed by atoms with van der Waals surface area (Å²) in [5.74, 6) is -0.557. The number of halogens is 1. The summed E-state index contributed by atoms with van der Waals surface area (Å²) in [6.45, 7) is 1.82. The second-order valence-corrected chi connectivity index (χ2v) is 7.40. The van der Waals surface area contributed by atoms with E-state index >= 15 is 0 Å². The average Bonchev–Trinajstić information content (AvgIpc) is 2.45. The summed E-state index contributed by atoms with van der Waals surface area (Å²) in [5.41, 5.74) is 1.71. The minimum Gasteiger partial charge on any atom is -0.457 e. The zero-order valence-electron chi connectivity index (χ0n) is 12.2. The number of carbonyl (C=O) groups excluding carboxylic acids is 1. The molecule has 0 N–H and O–H groups in total. The molecule has 2 rings (SSSR count). The molecule has 116 valence electrons. The van der Waals surface area contributed by atoms with Crippen molar-refractivity contribution >= 4 is 27.4 Å². The zero-order valence-corrected chi connectivity index (χ0v) is 13.7. The van der Waals surface area contributed by atoms with Gasteiger partial charge in [-0.2, -0.15) is 0 Å². The van der Waals surface area contributed by atoms with Crippen molar-refractivity contribution in [2.24, 2.45) is 0 Å². The van der Waals surface area contributed by atoms with E-state index in [1.807, 2.05) is 0 Å². The Kier molecular flexibility index (Phi) is 4.88. The number of hydrogen-bond acceptors (Lipinski definition) is 4. The van der Waals surface area contributed by atoms with Crippen molar-refractivity contribution in [3.63, 3.8) is 0 Å². The summed E-state index contributed by atoms with van der Waals surface area (Å²) in [7, 11) is -3.37. The summed E-state index contributed by atoms with van der Waals surface area (Å²) < 4.78 is 28.4. The topological polar surface area (TPSA) is 60.4 Å². The lowest BCUT2D eigenvalue weighted by Crippen LogP contribution is -2.09. The van der Waals surface area contributed by atoms with Crippen molar-refractivity contribution in [2.45, 2.75) is 18.4 Å². The van der Waals surface area contributed by atoms with Crippen LogP contribution >= 0.6 is 11.6 Å². The van der Waals surface area contributed by atoms with Gasteiger partial charge in [0.15, 0.2) is 9.84 Å². The molecule has 0 aliphatic rings. The van der Waals surface area contributed by atoms with E-state index in [2.05, 4.69) is 0 Å². The minimum absolute atomic E-state index is 0.0940. The molecule has 2 aromatic rings. The Balaban J connectivity index is 2.17.